The first-order valence-corrected chi connectivity index (χ1v) is 14.3. The number of thioether (sulfide) groups is 2. The molecule has 2 N–H and O–H groups in total. The van der Waals surface area contributed by atoms with E-state index in [9.17, 15) is 9.59 Å². The molecule has 0 saturated carbocycles. The van der Waals surface area contributed by atoms with Crippen molar-refractivity contribution in [3.05, 3.63) is 65.5 Å². The van der Waals surface area contributed by atoms with Crippen LogP contribution in [0, 0.1) is 0 Å². The highest BCUT2D eigenvalue weighted by molar-refractivity contribution is 7.99. The van der Waals surface area contributed by atoms with E-state index in [2.05, 4.69) is 27.8 Å². The van der Waals surface area contributed by atoms with Crippen molar-refractivity contribution in [2.45, 2.75) is 44.4 Å². The van der Waals surface area contributed by atoms with E-state index in [-0.39, 0.29) is 23.6 Å². The molecule has 0 aliphatic heterocycles. The van der Waals surface area contributed by atoms with Crippen molar-refractivity contribution >= 4 is 41.0 Å². The Morgan fingerprint density at radius 2 is 1.83 bits per heavy atom. The average molecular weight is 528 g/mol. The average Bonchev–Trinajstić information content (AvgIpc) is 3.32. The second-order valence-corrected chi connectivity index (χ2v) is 9.90. The molecule has 192 valence electrons. The molecule has 0 spiro atoms. The Morgan fingerprint density at radius 3 is 2.50 bits per heavy atom. The van der Waals surface area contributed by atoms with Crippen molar-refractivity contribution in [3.63, 3.8) is 0 Å². The first-order valence-electron chi connectivity index (χ1n) is 11.9. The van der Waals surface area contributed by atoms with Crippen molar-refractivity contribution in [3.8, 4) is 5.75 Å². The van der Waals surface area contributed by atoms with E-state index in [0.29, 0.717) is 35.3 Å². The van der Waals surface area contributed by atoms with Crippen LogP contribution in [0.1, 0.15) is 48.1 Å². The summed E-state index contributed by atoms with van der Waals surface area (Å²) >= 11 is 3.05. The van der Waals surface area contributed by atoms with Gasteiger partial charge in [0, 0.05) is 17.8 Å². The number of para-hydroxylation sites is 1. The number of nitrogens with zero attached hydrogens (tertiary/aromatic N) is 3. The molecule has 36 heavy (non-hydrogen) atoms. The number of aryl methyl sites for hydroxylation is 1. The van der Waals surface area contributed by atoms with Gasteiger partial charge in [-0.15, -0.1) is 10.2 Å². The van der Waals surface area contributed by atoms with Gasteiger partial charge in [0.25, 0.3) is 5.91 Å². The number of nitrogens with one attached hydrogen (secondary N) is 2. The topological polar surface area (TPSA) is 98.1 Å². The molecule has 0 radical (unpaired) electrons. The van der Waals surface area contributed by atoms with Gasteiger partial charge < -0.3 is 19.9 Å². The third-order valence-corrected chi connectivity index (χ3v) is 7.26. The molecule has 3 aromatic rings. The monoisotopic (exact) mass is 527 g/mol. The highest BCUT2D eigenvalue weighted by Gasteiger charge is 2.23. The highest BCUT2D eigenvalue weighted by atomic mass is 32.2. The fourth-order valence-electron chi connectivity index (χ4n) is 3.71. The van der Waals surface area contributed by atoms with E-state index in [1.54, 1.807) is 43.1 Å². The van der Waals surface area contributed by atoms with Crippen LogP contribution in [-0.2, 0) is 17.8 Å². The Bertz CT molecular complexity index is 1150. The fourth-order valence-corrected chi connectivity index (χ4v) is 5.00. The van der Waals surface area contributed by atoms with E-state index < -0.39 is 0 Å². The van der Waals surface area contributed by atoms with Crippen molar-refractivity contribution in [2.75, 3.05) is 30.2 Å². The molecule has 0 aliphatic rings. The molecule has 10 heteroatoms. The third kappa shape index (κ3) is 7.27. The number of aromatic nitrogens is 3. The van der Waals surface area contributed by atoms with Crippen LogP contribution >= 0.6 is 23.5 Å². The summed E-state index contributed by atoms with van der Waals surface area (Å²) in [5.41, 5.74) is 2.48. The molecule has 1 atom stereocenters. The first kappa shape index (κ1) is 27.6. The summed E-state index contributed by atoms with van der Waals surface area (Å²) in [6.07, 6.45) is 3.58. The maximum absolute atomic E-state index is 13.0. The number of benzene rings is 2. The molecule has 3 rings (SSSR count). The second kappa shape index (κ2) is 13.9. The Morgan fingerprint density at radius 1 is 1.08 bits per heavy atom. The van der Waals surface area contributed by atoms with Crippen LogP contribution in [0.5, 0.6) is 5.75 Å². The fraction of sp³-hybridized carbons (Fsp3) is 0.385. The van der Waals surface area contributed by atoms with Gasteiger partial charge in [-0.25, -0.2) is 0 Å². The lowest BCUT2D eigenvalue weighted by atomic mass is 10.1. The molecule has 0 fully saturated rings. The van der Waals surface area contributed by atoms with Crippen molar-refractivity contribution in [1.82, 2.24) is 20.1 Å². The normalized spacial score (nSPS) is 11.7. The van der Waals surface area contributed by atoms with Gasteiger partial charge in [0.05, 0.1) is 18.9 Å². The minimum Gasteiger partial charge on any atom is -0.497 e. The maximum Gasteiger partial charge on any atom is 0.251 e. The van der Waals surface area contributed by atoms with Crippen molar-refractivity contribution in [2.24, 2.45) is 0 Å². The Labute approximate surface area is 221 Å². The first-order chi connectivity index (χ1) is 17.5. The zero-order chi connectivity index (χ0) is 25.9. The molecule has 0 aliphatic carbocycles. The quantitative estimate of drug-likeness (QED) is 0.307. The number of carbonyl (C=O) groups is 2. The molecule has 1 aromatic heterocycles. The molecule has 0 saturated heterocycles. The van der Waals surface area contributed by atoms with Gasteiger partial charge in [0.2, 0.25) is 5.91 Å². The minimum absolute atomic E-state index is 0.0974. The summed E-state index contributed by atoms with van der Waals surface area (Å²) in [6.45, 7) is 4.69. The number of rotatable bonds is 13. The molecule has 0 unspecified atom stereocenters. The summed E-state index contributed by atoms with van der Waals surface area (Å²) in [4.78, 5) is 25.6. The van der Waals surface area contributed by atoms with Crippen molar-refractivity contribution in [1.29, 1.82) is 0 Å². The number of carbonyl (C=O) groups excluding carboxylic acids is 2. The van der Waals surface area contributed by atoms with E-state index in [4.69, 9.17) is 4.74 Å². The predicted molar refractivity (Wildman–Crippen MR) is 147 cm³/mol. The van der Waals surface area contributed by atoms with Crippen LogP contribution in [0.3, 0.4) is 0 Å². The molecular weight excluding hydrogens is 494 g/mol. The standard InChI is InChI=1S/C26H33N5O3S2/c1-5-18-9-7-8-10-21(18)27-23(32)17-36-26-30-29-24(31(26)6-2)22(15-16-35-4)28-25(33)19-11-13-20(34-3)14-12-19/h7-14,22H,5-6,15-17H2,1-4H3,(H,27,32)(H,28,33)/t22-/m1/s1. The molecule has 1 heterocycles. The number of amides is 2. The van der Waals surface area contributed by atoms with Gasteiger partial charge in [-0.05, 0) is 67.7 Å². The van der Waals surface area contributed by atoms with E-state index in [0.717, 1.165) is 23.4 Å². The predicted octanol–water partition coefficient (Wildman–Crippen LogP) is 4.82. The maximum atomic E-state index is 13.0. The van der Waals surface area contributed by atoms with Crippen LogP contribution in [0.25, 0.3) is 0 Å². The summed E-state index contributed by atoms with van der Waals surface area (Å²) < 4.78 is 7.15. The van der Waals surface area contributed by atoms with Crippen LogP contribution in [0.2, 0.25) is 0 Å². The Kier molecular flexibility index (Phi) is 10.7. The SMILES string of the molecule is CCc1ccccc1NC(=O)CSc1nnc([C@@H](CCSC)NC(=O)c2ccc(OC)cc2)n1CC. The molecule has 0 bridgehead atoms. The van der Waals surface area contributed by atoms with E-state index in [1.807, 2.05) is 42.0 Å². The number of methoxy groups -OCH3 is 1. The largest absolute Gasteiger partial charge is 0.497 e. The minimum atomic E-state index is -0.306. The van der Waals surface area contributed by atoms with Crippen LogP contribution in [-0.4, -0.2) is 51.5 Å². The van der Waals surface area contributed by atoms with Crippen LogP contribution < -0.4 is 15.4 Å². The van der Waals surface area contributed by atoms with Gasteiger partial charge in [0.1, 0.15) is 5.75 Å². The molecule has 2 amide bonds. The van der Waals surface area contributed by atoms with Crippen LogP contribution in [0.4, 0.5) is 5.69 Å². The number of hydrogen-bond donors (Lipinski definition) is 2. The number of ether oxygens (including phenoxy) is 1. The zero-order valence-corrected chi connectivity index (χ0v) is 22.7. The van der Waals surface area contributed by atoms with E-state index in [1.165, 1.54) is 11.8 Å². The Hall–Kier alpha value is -2.98. The van der Waals surface area contributed by atoms with Crippen molar-refractivity contribution < 1.29 is 14.3 Å². The summed E-state index contributed by atoms with van der Waals surface area (Å²) in [5.74, 6) is 2.17. The van der Waals surface area contributed by atoms with Gasteiger partial charge >= 0.3 is 0 Å². The smallest absolute Gasteiger partial charge is 0.251 e. The molecule has 8 nitrogen and oxygen atoms in total. The summed E-state index contributed by atoms with van der Waals surface area (Å²) in [6, 6.07) is 14.5. The zero-order valence-electron chi connectivity index (χ0n) is 21.1. The van der Waals surface area contributed by atoms with Gasteiger partial charge in [0.15, 0.2) is 11.0 Å². The molecular formula is C26H33N5O3S2. The van der Waals surface area contributed by atoms with E-state index >= 15 is 0 Å². The summed E-state index contributed by atoms with van der Waals surface area (Å²) in [7, 11) is 1.59. The third-order valence-electron chi connectivity index (χ3n) is 5.65. The number of anilines is 1. The van der Waals surface area contributed by atoms with Crippen LogP contribution in [0.15, 0.2) is 53.7 Å². The van der Waals surface area contributed by atoms with Gasteiger partial charge in [-0.3, -0.25) is 9.59 Å². The lowest BCUT2D eigenvalue weighted by Crippen LogP contribution is -2.31. The molecule has 2 aromatic carbocycles. The highest BCUT2D eigenvalue weighted by Crippen LogP contribution is 2.25. The summed E-state index contributed by atoms with van der Waals surface area (Å²) in [5, 5.41) is 15.5. The lowest BCUT2D eigenvalue weighted by molar-refractivity contribution is -0.113. The lowest BCUT2D eigenvalue weighted by Gasteiger charge is -2.19. The van der Waals surface area contributed by atoms with Gasteiger partial charge in [-0.1, -0.05) is 36.9 Å². The number of hydrogen-bond acceptors (Lipinski definition) is 7. The van der Waals surface area contributed by atoms with Gasteiger partial charge in [-0.2, -0.15) is 11.8 Å². The second-order valence-electron chi connectivity index (χ2n) is 7.97. The Balaban J connectivity index is 1.71.